The molecule has 0 radical (unpaired) electrons. The van der Waals surface area contributed by atoms with E-state index in [1.54, 1.807) is 12.4 Å². The Morgan fingerprint density at radius 3 is 2.51 bits per heavy atom. The second kappa shape index (κ2) is 10.2. The van der Waals surface area contributed by atoms with Gasteiger partial charge in [-0.15, -0.1) is 10.2 Å². The van der Waals surface area contributed by atoms with Gasteiger partial charge in [-0.25, -0.2) is 0 Å². The minimum absolute atomic E-state index is 0.0837. The molecule has 4 aromatic rings. The van der Waals surface area contributed by atoms with Crippen LogP contribution in [0.5, 0.6) is 0 Å². The summed E-state index contributed by atoms with van der Waals surface area (Å²) in [4.78, 5) is 20.2. The van der Waals surface area contributed by atoms with Crippen molar-refractivity contribution in [1.29, 1.82) is 5.26 Å². The molecule has 0 atom stereocenters. The molecule has 1 aliphatic heterocycles. The fourth-order valence-electron chi connectivity index (χ4n) is 3.77. The predicted molar refractivity (Wildman–Crippen MR) is 138 cm³/mol. The number of benzene rings is 2. The van der Waals surface area contributed by atoms with E-state index in [2.05, 4.69) is 21.3 Å². The van der Waals surface area contributed by atoms with Gasteiger partial charge in [0.2, 0.25) is 0 Å². The first kappa shape index (κ1) is 22.9. The molecule has 0 bridgehead atoms. The topological polar surface area (TPSA) is 87.7 Å². The van der Waals surface area contributed by atoms with Crippen LogP contribution in [0.25, 0.3) is 11.4 Å². The Bertz CT molecular complexity index is 1440. The lowest BCUT2D eigenvalue weighted by Gasteiger charge is -2.14. The van der Waals surface area contributed by atoms with Crippen molar-refractivity contribution in [3.8, 4) is 17.5 Å². The number of aromatic nitrogens is 4. The van der Waals surface area contributed by atoms with Crippen LogP contribution in [0, 0.1) is 11.3 Å². The summed E-state index contributed by atoms with van der Waals surface area (Å²) in [6.07, 6.45) is 3.43. The molecule has 9 heteroatoms. The molecule has 5 rings (SSSR count). The molecule has 3 heterocycles. The highest BCUT2D eigenvalue weighted by Gasteiger charge is 2.28. The average molecular weight is 497 g/mol. The van der Waals surface area contributed by atoms with Crippen molar-refractivity contribution in [2.75, 3.05) is 17.7 Å². The minimum Gasteiger partial charge on any atom is -0.337 e. The predicted octanol–water partition coefficient (Wildman–Crippen LogP) is 5.03. The number of allylic oxidation sites excluding steroid dienone is 1. The zero-order valence-corrected chi connectivity index (χ0v) is 20.5. The molecule has 172 valence electrons. The second-order valence-corrected chi connectivity index (χ2v) is 9.72. The summed E-state index contributed by atoms with van der Waals surface area (Å²) in [7, 11) is 1.88. The molecule has 2 aromatic carbocycles. The summed E-state index contributed by atoms with van der Waals surface area (Å²) < 4.78 is 1.99. The van der Waals surface area contributed by atoms with Crippen molar-refractivity contribution in [3.05, 3.63) is 95.3 Å². The largest absolute Gasteiger partial charge is 0.337 e. The summed E-state index contributed by atoms with van der Waals surface area (Å²) in [5, 5.41) is 19.9. The molecule has 1 aliphatic rings. The van der Waals surface area contributed by atoms with Crippen LogP contribution >= 0.6 is 23.5 Å². The zero-order valence-electron chi connectivity index (χ0n) is 18.8. The number of hydrogen-bond donors (Lipinski definition) is 0. The van der Waals surface area contributed by atoms with Crippen LogP contribution in [-0.2, 0) is 11.3 Å². The van der Waals surface area contributed by atoms with Crippen molar-refractivity contribution < 1.29 is 4.79 Å². The van der Waals surface area contributed by atoms with Crippen molar-refractivity contribution in [2.45, 2.75) is 16.6 Å². The molecule has 35 heavy (non-hydrogen) atoms. The monoisotopic (exact) mass is 496 g/mol. The van der Waals surface area contributed by atoms with E-state index in [1.807, 2.05) is 83.2 Å². The van der Waals surface area contributed by atoms with Gasteiger partial charge < -0.3 is 4.90 Å². The average Bonchev–Trinajstić information content (AvgIpc) is 3.45. The molecule has 0 amide bonds. The molecule has 0 fully saturated rings. The van der Waals surface area contributed by atoms with E-state index in [9.17, 15) is 10.1 Å². The van der Waals surface area contributed by atoms with E-state index < -0.39 is 0 Å². The first-order valence-electron chi connectivity index (χ1n) is 10.8. The van der Waals surface area contributed by atoms with Gasteiger partial charge in [0.15, 0.2) is 16.8 Å². The number of thioether (sulfide) groups is 2. The van der Waals surface area contributed by atoms with Crippen LogP contribution in [0.2, 0.25) is 0 Å². The number of nitriles is 1. The molecule has 2 aromatic heterocycles. The Kier molecular flexibility index (Phi) is 6.66. The van der Waals surface area contributed by atoms with Gasteiger partial charge >= 0.3 is 0 Å². The summed E-state index contributed by atoms with van der Waals surface area (Å²) in [6.45, 7) is 0.558. The number of carbonyl (C=O) groups excluding carboxylic acids is 1. The molecule has 0 N–H and O–H groups in total. The Hall–Kier alpha value is -3.87. The lowest BCUT2D eigenvalue weighted by molar-refractivity contribution is -0.112. The molecule has 0 saturated heterocycles. The Labute approximate surface area is 211 Å². The Morgan fingerprint density at radius 2 is 1.77 bits per heavy atom. The van der Waals surface area contributed by atoms with Crippen LogP contribution in [0.4, 0.5) is 5.69 Å². The highest BCUT2D eigenvalue weighted by atomic mass is 32.2. The molecule has 0 saturated carbocycles. The summed E-state index contributed by atoms with van der Waals surface area (Å²) in [6, 6.07) is 23.8. The van der Waals surface area contributed by atoms with E-state index >= 15 is 0 Å². The fourth-order valence-corrected chi connectivity index (χ4v) is 5.74. The van der Waals surface area contributed by atoms with Crippen LogP contribution in [0.15, 0.2) is 99.8 Å². The normalized spacial score (nSPS) is 13.9. The quantitative estimate of drug-likeness (QED) is 0.200. The van der Waals surface area contributed by atoms with E-state index in [1.165, 1.54) is 23.5 Å². The number of anilines is 1. The molecule has 0 unspecified atom stereocenters. The lowest BCUT2D eigenvalue weighted by Crippen LogP contribution is -2.16. The number of fused-ring (bicyclic) bond motifs is 1. The molecular formula is C26H20N6OS2. The van der Waals surface area contributed by atoms with E-state index in [4.69, 9.17) is 0 Å². The molecule has 0 aliphatic carbocycles. The number of rotatable bonds is 7. The van der Waals surface area contributed by atoms with Crippen LogP contribution in [0.1, 0.15) is 5.56 Å². The van der Waals surface area contributed by atoms with Crippen molar-refractivity contribution in [2.24, 2.45) is 0 Å². The van der Waals surface area contributed by atoms with Crippen LogP contribution in [-0.4, -0.2) is 38.3 Å². The SMILES string of the molecule is CN1/C(=C(\C#N)C(=O)CSc2nnc(-c3ccncc3)n2Cc2ccccc2)Sc2ccccc21. The Morgan fingerprint density at radius 1 is 1.03 bits per heavy atom. The number of para-hydroxylation sites is 1. The van der Waals surface area contributed by atoms with Gasteiger partial charge in [0.25, 0.3) is 0 Å². The number of nitrogens with zero attached hydrogens (tertiary/aromatic N) is 6. The Balaban J connectivity index is 1.41. The molecule has 0 spiro atoms. The van der Waals surface area contributed by atoms with E-state index in [0.717, 1.165) is 21.7 Å². The highest BCUT2D eigenvalue weighted by molar-refractivity contribution is 8.03. The van der Waals surface area contributed by atoms with Gasteiger partial charge in [0.1, 0.15) is 16.7 Å². The number of carbonyl (C=O) groups is 1. The van der Waals surface area contributed by atoms with Gasteiger partial charge in [-0.2, -0.15) is 5.26 Å². The lowest BCUT2D eigenvalue weighted by atomic mass is 10.2. The number of Topliss-reactive ketones (excluding diaryl/α,β-unsaturated/α-hetero) is 1. The van der Waals surface area contributed by atoms with Crippen molar-refractivity contribution in [1.82, 2.24) is 19.7 Å². The third kappa shape index (κ3) is 4.71. The third-order valence-electron chi connectivity index (χ3n) is 5.51. The van der Waals surface area contributed by atoms with Gasteiger partial charge in [-0.3, -0.25) is 14.3 Å². The maximum absolute atomic E-state index is 13.2. The fraction of sp³-hybridized carbons (Fsp3) is 0.115. The van der Waals surface area contributed by atoms with Crippen molar-refractivity contribution >= 4 is 35.0 Å². The van der Waals surface area contributed by atoms with E-state index in [0.29, 0.717) is 22.6 Å². The van der Waals surface area contributed by atoms with Gasteiger partial charge in [0, 0.05) is 29.9 Å². The third-order valence-corrected chi connectivity index (χ3v) is 7.72. The first-order valence-corrected chi connectivity index (χ1v) is 12.6. The number of ketones is 1. The molecule has 7 nitrogen and oxygen atoms in total. The first-order chi connectivity index (χ1) is 17.2. The summed E-state index contributed by atoms with van der Waals surface area (Å²) in [5.41, 5.74) is 3.13. The van der Waals surface area contributed by atoms with Gasteiger partial charge in [0.05, 0.1) is 18.0 Å². The molecular weight excluding hydrogens is 476 g/mol. The summed E-state index contributed by atoms with van der Waals surface area (Å²) in [5.74, 6) is 0.548. The van der Waals surface area contributed by atoms with Crippen LogP contribution < -0.4 is 4.90 Å². The van der Waals surface area contributed by atoms with Crippen LogP contribution in [0.3, 0.4) is 0 Å². The zero-order chi connectivity index (χ0) is 24.2. The smallest absolute Gasteiger partial charge is 0.192 e. The summed E-state index contributed by atoms with van der Waals surface area (Å²) >= 11 is 2.74. The number of hydrogen-bond acceptors (Lipinski definition) is 8. The van der Waals surface area contributed by atoms with E-state index in [-0.39, 0.29) is 17.1 Å². The maximum atomic E-state index is 13.2. The number of pyridine rings is 1. The maximum Gasteiger partial charge on any atom is 0.192 e. The van der Waals surface area contributed by atoms with Crippen molar-refractivity contribution in [3.63, 3.8) is 0 Å². The van der Waals surface area contributed by atoms with Gasteiger partial charge in [-0.05, 0) is 29.8 Å². The highest BCUT2D eigenvalue weighted by Crippen LogP contribution is 2.46. The second-order valence-electron chi connectivity index (χ2n) is 7.75. The van der Waals surface area contributed by atoms with Gasteiger partial charge in [-0.1, -0.05) is 66.0 Å². The standard InChI is InChI=1S/C26H20N6OS2/c1-31-21-9-5-6-10-23(21)35-25(31)20(15-27)22(33)17-34-26-30-29-24(19-11-13-28-14-12-19)32(26)16-18-7-3-2-4-8-18/h2-14H,16-17H2,1H3/b25-20-. The minimum atomic E-state index is -0.237.